The van der Waals surface area contributed by atoms with Crippen LogP contribution in [0, 0.1) is 0 Å². The third-order valence-corrected chi connectivity index (χ3v) is 6.66. The molecule has 7 heteroatoms. The molecule has 154 valence electrons. The van der Waals surface area contributed by atoms with E-state index in [4.69, 9.17) is 9.72 Å². The number of aromatic nitrogens is 2. The van der Waals surface area contributed by atoms with E-state index in [1.807, 2.05) is 19.9 Å². The molecule has 0 fully saturated rings. The number of aromatic hydroxyl groups is 1. The molecule has 0 saturated heterocycles. The number of fused-ring (bicyclic) bond motifs is 5. The summed E-state index contributed by atoms with van der Waals surface area (Å²) in [6.07, 6.45) is -0.104. The monoisotopic (exact) mass is 406 g/mol. The molecule has 0 bridgehead atoms. The fraction of sp³-hybridized carbons (Fsp3) is 0.348. The average molecular weight is 406 g/mol. The van der Waals surface area contributed by atoms with Crippen LogP contribution in [0.15, 0.2) is 29.1 Å². The minimum Gasteiger partial charge on any atom is -0.508 e. The number of aryl methyl sites for hydroxylation is 1. The van der Waals surface area contributed by atoms with Crippen molar-refractivity contribution in [1.29, 1.82) is 0 Å². The van der Waals surface area contributed by atoms with Gasteiger partial charge < -0.3 is 14.9 Å². The molecule has 0 aliphatic carbocycles. The molecule has 1 unspecified atom stereocenters. The van der Waals surface area contributed by atoms with E-state index in [2.05, 4.69) is 0 Å². The van der Waals surface area contributed by atoms with Crippen molar-refractivity contribution in [3.63, 3.8) is 0 Å². The number of esters is 1. The first kappa shape index (κ1) is 18.8. The summed E-state index contributed by atoms with van der Waals surface area (Å²) in [7, 11) is 0. The summed E-state index contributed by atoms with van der Waals surface area (Å²) < 4.78 is 6.64. The van der Waals surface area contributed by atoms with Crippen molar-refractivity contribution in [1.82, 2.24) is 9.55 Å². The van der Waals surface area contributed by atoms with Gasteiger partial charge in [0.15, 0.2) is 6.23 Å². The van der Waals surface area contributed by atoms with E-state index in [0.717, 1.165) is 10.9 Å². The summed E-state index contributed by atoms with van der Waals surface area (Å²) in [4.78, 5) is 30.6. The van der Waals surface area contributed by atoms with Gasteiger partial charge in [0.1, 0.15) is 12.4 Å². The van der Waals surface area contributed by atoms with Crippen LogP contribution in [0.3, 0.4) is 0 Å². The molecular formula is C23H22N2O5. The number of cyclic esters (lactones) is 1. The number of aliphatic hydroxyl groups is 1. The van der Waals surface area contributed by atoms with Crippen molar-refractivity contribution in [2.45, 2.75) is 51.9 Å². The Morgan fingerprint density at radius 1 is 1.27 bits per heavy atom. The number of aliphatic hydroxyl groups excluding tert-OH is 1. The summed E-state index contributed by atoms with van der Waals surface area (Å²) in [5.74, 6) is -0.234. The van der Waals surface area contributed by atoms with Gasteiger partial charge in [-0.15, -0.1) is 0 Å². The number of hydrogen-bond acceptors (Lipinski definition) is 6. The Morgan fingerprint density at radius 2 is 2.03 bits per heavy atom. The highest BCUT2D eigenvalue weighted by Crippen LogP contribution is 2.44. The minimum atomic E-state index is -1.19. The molecule has 1 aromatic carbocycles. The van der Waals surface area contributed by atoms with Crippen LogP contribution in [0.4, 0.5) is 0 Å². The summed E-state index contributed by atoms with van der Waals surface area (Å²) in [6.45, 7) is 5.53. The fourth-order valence-corrected chi connectivity index (χ4v) is 4.78. The van der Waals surface area contributed by atoms with Gasteiger partial charge in [-0.3, -0.25) is 14.2 Å². The fourth-order valence-electron chi connectivity index (χ4n) is 4.78. The van der Waals surface area contributed by atoms with Gasteiger partial charge in [0.2, 0.25) is 0 Å². The number of rotatable bonds is 2. The van der Waals surface area contributed by atoms with Gasteiger partial charge in [0, 0.05) is 10.9 Å². The average Bonchev–Trinajstić information content (AvgIpc) is 3.01. The lowest BCUT2D eigenvalue weighted by Crippen LogP contribution is -2.42. The van der Waals surface area contributed by atoms with Crippen LogP contribution in [-0.4, -0.2) is 25.7 Å². The van der Waals surface area contributed by atoms with E-state index in [1.54, 1.807) is 25.1 Å². The SMILES string of the molecule is CCc1c2c(nc3ccc(O)cc13)-c1cc3c(c(=O)n1C2O)COC(=O)[C@]3(C)CC. The van der Waals surface area contributed by atoms with E-state index < -0.39 is 11.6 Å². The standard InChI is InChI=1S/C23H22N2O5/c1-4-12-13-8-11(26)6-7-16(13)24-19-17-9-15-14(10-30-22(29)23(15,3)5-2)20(27)25(17)21(28)18(12)19/h6-9,21,26,28H,4-5,10H2,1-3H3/t21?,23-/m1/s1. The van der Waals surface area contributed by atoms with Gasteiger partial charge in [-0.1, -0.05) is 13.8 Å². The molecule has 2 aromatic heterocycles. The quantitative estimate of drug-likeness (QED) is 0.635. The molecule has 5 rings (SSSR count). The minimum absolute atomic E-state index is 0.101. The molecular weight excluding hydrogens is 384 g/mol. The first-order valence-corrected chi connectivity index (χ1v) is 10.1. The predicted octanol–water partition coefficient (Wildman–Crippen LogP) is 2.91. The first-order chi connectivity index (χ1) is 14.3. The maximum atomic E-state index is 13.4. The van der Waals surface area contributed by atoms with Crippen molar-refractivity contribution in [2.24, 2.45) is 0 Å². The van der Waals surface area contributed by atoms with Crippen LogP contribution in [0.1, 0.15) is 55.7 Å². The molecule has 7 nitrogen and oxygen atoms in total. The van der Waals surface area contributed by atoms with E-state index in [-0.39, 0.29) is 23.9 Å². The Morgan fingerprint density at radius 3 is 2.73 bits per heavy atom. The number of phenolic OH excluding ortho intramolecular Hbond substituents is 1. The van der Waals surface area contributed by atoms with Crippen LogP contribution in [0.25, 0.3) is 22.3 Å². The lowest BCUT2D eigenvalue weighted by Gasteiger charge is -2.33. The van der Waals surface area contributed by atoms with Gasteiger partial charge in [-0.25, -0.2) is 4.98 Å². The number of benzene rings is 1. The van der Waals surface area contributed by atoms with Crippen molar-refractivity contribution >= 4 is 16.9 Å². The number of carbonyl (C=O) groups is 1. The molecule has 3 aromatic rings. The number of hydrogen-bond donors (Lipinski definition) is 2. The van der Waals surface area contributed by atoms with Crippen LogP contribution < -0.4 is 5.56 Å². The molecule has 4 heterocycles. The number of pyridine rings is 2. The maximum absolute atomic E-state index is 13.4. The van der Waals surface area contributed by atoms with Crippen molar-refractivity contribution in [2.75, 3.05) is 0 Å². The Hall–Kier alpha value is -3.19. The van der Waals surface area contributed by atoms with E-state index in [0.29, 0.717) is 46.4 Å². The smallest absolute Gasteiger partial charge is 0.316 e. The number of nitrogens with zero attached hydrogens (tertiary/aromatic N) is 2. The van der Waals surface area contributed by atoms with Crippen LogP contribution in [0.5, 0.6) is 5.75 Å². The zero-order valence-corrected chi connectivity index (χ0v) is 17.0. The summed E-state index contributed by atoms with van der Waals surface area (Å²) in [5, 5.41) is 21.8. The third-order valence-electron chi connectivity index (χ3n) is 6.66. The van der Waals surface area contributed by atoms with E-state index in [9.17, 15) is 19.8 Å². The second kappa shape index (κ2) is 6.15. The van der Waals surface area contributed by atoms with E-state index >= 15 is 0 Å². The highest BCUT2D eigenvalue weighted by molar-refractivity contribution is 5.90. The Kier molecular flexibility index (Phi) is 3.86. The van der Waals surface area contributed by atoms with Gasteiger partial charge in [0.05, 0.1) is 27.9 Å². The second-order valence-electron chi connectivity index (χ2n) is 8.14. The first-order valence-electron chi connectivity index (χ1n) is 10.1. The topological polar surface area (TPSA) is 102 Å². The van der Waals surface area contributed by atoms with E-state index in [1.165, 1.54) is 4.57 Å². The molecule has 0 spiro atoms. The predicted molar refractivity (Wildman–Crippen MR) is 110 cm³/mol. The van der Waals surface area contributed by atoms with Gasteiger partial charge in [0.25, 0.3) is 5.56 Å². The van der Waals surface area contributed by atoms with Crippen molar-refractivity contribution in [3.8, 4) is 17.1 Å². The summed E-state index contributed by atoms with van der Waals surface area (Å²) in [6, 6.07) is 6.74. The van der Waals surface area contributed by atoms with Crippen LogP contribution >= 0.6 is 0 Å². The molecule has 0 amide bonds. The van der Waals surface area contributed by atoms with Crippen molar-refractivity contribution < 1.29 is 19.7 Å². The molecule has 0 radical (unpaired) electrons. The summed E-state index contributed by atoms with van der Waals surface area (Å²) >= 11 is 0. The Balaban J connectivity index is 1.88. The normalized spacial score (nSPS) is 21.9. The molecule has 2 aliphatic heterocycles. The molecule has 2 aliphatic rings. The number of ether oxygens (including phenoxy) is 1. The Labute approximate surface area is 172 Å². The molecule has 0 saturated carbocycles. The maximum Gasteiger partial charge on any atom is 0.316 e. The zero-order chi connectivity index (χ0) is 21.4. The Bertz CT molecular complexity index is 1310. The lowest BCUT2D eigenvalue weighted by molar-refractivity contribution is -0.153. The second-order valence-corrected chi connectivity index (χ2v) is 8.14. The molecule has 30 heavy (non-hydrogen) atoms. The lowest BCUT2D eigenvalue weighted by atomic mass is 9.76. The number of phenols is 1. The highest BCUT2D eigenvalue weighted by Gasteiger charge is 2.44. The molecule has 2 N–H and O–H groups in total. The zero-order valence-electron chi connectivity index (χ0n) is 17.0. The van der Waals surface area contributed by atoms with Gasteiger partial charge >= 0.3 is 5.97 Å². The molecule has 2 atom stereocenters. The van der Waals surface area contributed by atoms with Gasteiger partial charge in [-0.05, 0) is 55.2 Å². The van der Waals surface area contributed by atoms with Crippen LogP contribution in [-0.2, 0) is 28.0 Å². The third kappa shape index (κ3) is 2.21. The largest absolute Gasteiger partial charge is 0.508 e. The van der Waals surface area contributed by atoms with Crippen molar-refractivity contribution in [3.05, 3.63) is 56.9 Å². The summed E-state index contributed by atoms with van der Waals surface area (Å²) in [5.41, 5.74) is 2.87. The van der Waals surface area contributed by atoms with Gasteiger partial charge in [-0.2, -0.15) is 0 Å². The highest BCUT2D eigenvalue weighted by atomic mass is 16.5. The number of carbonyl (C=O) groups excluding carboxylic acids is 1. The van der Waals surface area contributed by atoms with Crippen LogP contribution in [0.2, 0.25) is 0 Å².